The minimum absolute atomic E-state index is 0.167. The zero-order valence-corrected chi connectivity index (χ0v) is 14.5. The number of carbonyl (C=O) groups excluding carboxylic acids is 3. The Morgan fingerprint density at radius 2 is 1.54 bits per heavy atom. The van der Waals surface area contributed by atoms with E-state index in [9.17, 15) is 18.8 Å². The Morgan fingerprint density at radius 3 is 2.25 bits per heavy atom. The van der Waals surface area contributed by atoms with Gasteiger partial charge in [0.05, 0.1) is 5.69 Å². The fourth-order valence-corrected chi connectivity index (χ4v) is 2.97. The number of carbonyl (C=O) groups is 3. The third kappa shape index (κ3) is 3.09. The van der Waals surface area contributed by atoms with Crippen LogP contribution in [-0.4, -0.2) is 22.4 Å². The lowest BCUT2D eigenvalue weighted by atomic mass is 10.1. The van der Waals surface area contributed by atoms with E-state index in [4.69, 9.17) is 0 Å². The van der Waals surface area contributed by atoms with E-state index >= 15 is 0 Å². The molecule has 1 aromatic heterocycles. The second kappa shape index (κ2) is 6.96. The molecule has 138 valence electrons. The van der Waals surface area contributed by atoms with Gasteiger partial charge in [-0.3, -0.25) is 14.9 Å². The van der Waals surface area contributed by atoms with Crippen LogP contribution in [0.5, 0.6) is 0 Å². The Morgan fingerprint density at radius 1 is 0.821 bits per heavy atom. The molecule has 6 nitrogen and oxygen atoms in total. The first-order valence-corrected chi connectivity index (χ1v) is 8.44. The molecule has 1 fully saturated rings. The molecule has 0 spiro atoms. The average molecular weight is 375 g/mol. The first kappa shape index (κ1) is 17.4. The van der Waals surface area contributed by atoms with Crippen molar-refractivity contribution in [2.24, 2.45) is 0 Å². The predicted molar refractivity (Wildman–Crippen MR) is 101 cm³/mol. The molecule has 2 heterocycles. The van der Waals surface area contributed by atoms with Gasteiger partial charge in [0.1, 0.15) is 11.4 Å². The Bertz CT molecular complexity index is 1100. The molecular weight excluding hydrogens is 361 g/mol. The lowest BCUT2D eigenvalue weighted by Gasteiger charge is -2.26. The molecule has 1 aliphatic rings. The number of nitrogens with one attached hydrogen (secondary N) is 1. The molecule has 4 amide bonds. The van der Waals surface area contributed by atoms with Crippen molar-refractivity contribution in [3.63, 3.8) is 0 Å². The van der Waals surface area contributed by atoms with Crippen molar-refractivity contribution in [1.82, 2.24) is 9.88 Å². The van der Waals surface area contributed by atoms with E-state index in [1.165, 1.54) is 18.2 Å². The Kier molecular flexibility index (Phi) is 4.33. The summed E-state index contributed by atoms with van der Waals surface area (Å²) in [5.41, 5.74) is 1.42. The van der Waals surface area contributed by atoms with Gasteiger partial charge in [0.15, 0.2) is 0 Å². The summed E-state index contributed by atoms with van der Waals surface area (Å²) >= 11 is 0. The molecule has 1 N–H and O–H groups in total. The van der Waals surface area contributed by atoms with Crippen molar-refractivity contribution < 1.29 is 18.8 Å². The molecule has 2 aromatic carbocycles. The topological polar surface area (TPSA) is 71.4 Å². The Labute approximate surface area is 159 Å². The van der Waals surface area contributed by atoms with Crippen LogP contribution in [0.4, 0.5) is 14.9 Å². The highest BCUT2D eigenvalue weighted by atomic mass is 19.1. The summed E-state index contributed by atoms with van der Waals surface area (Å²) < 4.78 is 15.0. The summed E-state index contributed by atoms with van der Waals surface area (Å²) in [4.78, 5) is 38.2. The van der Waals surface area contributed by atoms with Gasteiger partial charge in [-0.15, -0.1) is 0 Å². The van der Waals surface area contributed by atoms with Gasteiger partial charge in [0, 0.05) is 17.6 Å². The molecule has 0 bridgehead atoms. The number of imide groups is 2. The highest BCUT2D eigenvalue weighted by Crippen LogP contribution is 2.23. The van der Waals surface area contributed by atoms with Crippen LogP contribution < -0.4 is 10.2 Å². The van der Waals surface area contributed by atoms with Crippen LogP contribution in [0.3, 0.4) is 0 Å². The molecule has 0 atom stereocenters. The van der Waals surface area contributed by atoms with Crippen molar-refractivity contribution in [3.05, 3.63) is 90.0 Å². The highest BCUT2D eigenvalue weighted by Gasteiger charge is 2.37. The second-order valence-corrected chi connectivity index (χ2v) is 6.07. The molecule has 28 heavy (non-hydrogen) atoms. The van der Waals surface area contributed by atoms with E-state index in [-0.39, 0.29) is 11.3 Å². The van der Waals surface area contributed by atoms with Gasteiger partial charge in [-0.05, 0) is 54.6 Å². The summed E-state index contributed by atoms with van der Waals surface area (Å²) in [5, 5.41) is 2.15. The molecule has 4 rings (SSSR count). The Balaban J connectivity index is 1.74. The van der Waals surface area contributed by atoms with Crippen molar-refractivity contribution in [1.29, 1.82) is 0 Å². The van der Waals surface area contributed by atoms with Crippen LogP contribution in [0.15, 0.2) is 78.5 Å². The smallest absolute Gasteiger partial charge is 0.317 e. The molecule has 1 saturated heterocycles. The largest absolute Gasteiger partial charge is 0.335 e. The highest BCUT2D eigenvalue weighted by molar-refractivity contribution is 6.39. The number of aromatic nitrogens is 1. The number of anilines is 1. The lowest BCUT2D eigenvalue weighted by Crippen LogP contribution is -2.54. The zero-order chi connectivity index (χ0) is 19.7. The maximum Gasteiger partial charge on any atom is 0.335 e. The fraction of sp³-hybridized carbons (Fsp3) is 0. The molecule has 7 heteroatoms. The number of hydrogen-bond donors (Lipinski definition) is 1. The number of nitrogens with zero attached hydrogens (tertiary/aromatic N) is 2. The van der Waals surface area contributed by atoms with Crippen LogP contribution in [-0.2, 0) is 9.59 Å². The predicted octanol–water partition coefficient (Wildman–Crippen LogP) is 3.28. The quantitative estimate of drug-likeness (QED) is 0.564. The summed E-state index contributed by atoms with van der Waals surface area (Å²) in [7, 11) is 0. The second-order valence-electron chi connectivity index (χ2n) is 6.07. The van der Waals surface area contributed by atoms with Crippen molar-refractivity contribution >= 4 is 29.6 Å². The van der Waals surface area contributed by atoms with Crippen LogP contribution >= 0.6 is 0 Å². The average Bonchev–Trinajstić information content (AvgIpc) is 3.15. The number of hydrogen-bond acceptors (Lipinski definition) is 3. The van der Waals surface area contributed by atoms with E-state index in [1.54, 1.807) is 18.3 Å². The first-order chi connectivity index (χ1) is 13.5. The number of barbiturate groups is 1. The number of rotatable bonds is 3. The van der Waals surface area contributed by atoms with Gasteiger partial charge in [-0.2, -0.15) is 0 Å². The monoisotopic (exact) mass is 375 g/mol. The van der Waals surface area contributed by atoms with Gasteiger partial charge in [-0.1, -0.05) is 18.2 Å². The molecule has 3 aromatic rings. The Hall–Kier alpha value is -4.00. The fourth-order valence-electron chi connectivity index (χ4n) is 2.97. The number of amides is 4. The normalized spacial score (nSPS) is 15.8. The maximum absolute atomic E-state index is 13.2. The molecular formula is C21H14FN3O3. The van der Waals surface area contributed by atoms with Crippen molar-refractivity contribution in [2.75, 3.05) is 4.90 Å². The molecule has 0 aliphatic carbocycles. The molecule has 0 unspecified atom stereocenters. The van der Waals surface area contributed by atoms with Gasteiger partial charge in [0.2, 0.25) is 0 Å². The summed E-state index contributed by atoms with van der Waals surface area (Å²) in [5.74, 6) is -2.06. The molecule has 0 saturated carbocycles. The number of urea groups is 1. The van der Waals surface area contributed by atoms with Crippen LogP contribution in [0.2, 0.25) is 0 Å². The van der Waals surface area contributed by atoms with Crippen molar-refractivity contribution in [3.8, 4) is 5.69 Å². The summed E-state index contributed by atoms with van der Waals surface area (Å²) in [6.07, 6.45) is 3.23. The van der Waals surface area contributed by atoms with Gasteiger partial charge < -0.3 is 4.57 Å². The van der Waals surface area contributed by atoms with Crippen LogP contribution in [0.25, 0.3) is 11.8 Å². The third-order valence-electron chi connectivity index (χ3n) is 4.29. The molecule has 1 aliphatic heterocycles. The minimum Gasteiger partial charge on any atom is -0.317 e. The number of para-hydroxylation sites is 1. The van der Waals surface area contributed by atoms with Gasteiger partial charge in [-0.25, -0.2) is 14.1 Å². The van der Waals surface area contributed by atoms with E-state index in [0.717, 1.165) is 22.7 Å². The molecule has 0 radical (unpaired) electrons. The maximum atomic E-state index is 13.2. The van der Waals surface area contributed by atoms with E-state index < -0.39 is 23.7 Å². The van der Waals surface area contributed by atoms with Crippen molar-refractivity contribution in [2.45, 2.75) is 0 Å². The van der Waals surface area contributed by atoms with E-state index in [1.807, 2.05) is 34.9 Å². The number of benzene rings is 2. The lowest BCUT2D eigenvalue weighted by molar-refractivity contribution is -0.122. The van der Waals surface area contributed by atoms with Gasteiger partial charge >= 0.3 is 6.03 Å². The SMILES string of the molecule is O=C1NC(=O)N(c2ccc(F)cc2)C(=O)C1=Cc1cccn1-c1ccccc1. The van der Waals surface area contributed by atoms with Crippen LogP contribution in [0, 0.1) is 5.82 Å². The van der Waals surface area contributed by atoms with Gasteiger partial charge in [0.25, 0.3) is 11.8 Å². The summed E-state index contributed by atoms with van der Waals surface area (Å²) in [6.45, 7) is 0. The standard InChI is InChI=1S/C21H14FN3O3/c22-14-8-10-16(11-9-14)25-20(27)18(19(26)23-21(25)28)13-17-7-4-12-24(17)15-5-2-1-3-6-15/h1-13H,(H,23,26,28). The third-order valence-corrected chi connectivity index (χ3v) is 4.29. The van der Waals surface area contributed by atoms with Crippen LogP contribution in [0.1, 0.15) is 5.69 Å². The number of halogens is 1. The van der Waals surface area contributed by atoms with E-state index in [0.29, 0.717) is 5.69 Å². The summed E-state index contributed by atoms with van der Waals surface area (Å²) in [6, 6.07) is 16.9. The minimum atomic E-state index is -0.878. The first-order valence-electron chi connectivity index (χ1n) is 8.44. The van der Waals surface area contributed by atoms with E-state index in [2.05, 4.69) is 5.32 Å². The zero-order valence-electron chi connectivity index (χ0n) is 14.5.